The Bertz CT molecular complexity index is 792. The molecule has 0 aliphatic heterocycles. The van der Waals surface area contributed by atoms with Crippen LogP contribution in [0.5, 0.6) is 0 Å². The van der Waals surface area contributed by atoms with Crippen molar-refractivity contribution >= 4 is 6.03 Å². The number of nitrogens with one attached hydrogen (secondary N) is 2. The molecule has 1 aromatic carbocycles. The molecule has 0 aliphatic rings. The van der Waals surface area contributed by atoms with Gasteiger partial charge in [0.2, 0.25) is 0 Å². The van der Waals surface area contributed by atoms with Gasteiger partial charge in [0, 0.05) is 13.2 Å². The number of carbonyl (C=O) groups excluding carboxylic acids is 1. The van der Waals surface area contributed by atoms with E-state index in [9.17, 15) is 4.79 Å². The van der Waals surface area contributed by atoms with E-state index >= 15 is 0 Å². The Kier molecular flexibility index (Phi) is 4.55. The van der Waals surface area contributed by atoms with Crippen molar-refractivity contribution in [3.8, 4) is 5.69 Å². The smallest absolute Gasteiger partial charge is 0.315 e. The number of benzene rings is 1. The molecule has 0 saturated heterocycles. The lowest BCUT2D eigenvalue weighted by Gasteiger charge is -2.15. The first-order valence-electron chi connectivity index (χ1n) is 7.59. The molecule has 0 saturated carbocycles. The Morgan fingerprint density at radius 2 is 2.00 bits per heavy atom. The second-order valence-corrected chi connectivity index (χ2v) is 5.43. The number of hydrogen-bond acceptors (Lipinski definition) is 4. The molecule has 1 unspecified atom stereocenters. The zero-order valence-corrected chi connectivity index (χ0v) is 13.5. The maximum absolute atomic E-state index is 12.0. The van der Waals surface area contributed by atoms with Crippen molar-refractivity contribution in [3.63, 3.8) is 0 Å². The average molecular weight is 325 g/mol. The Hall–Kier alpha value is -3.16. The number of hydrogen-bond donors (Lipinski definition) is 2. The molecule has 0 aliphatic carbocycles. The molecule has 0 fully saturated rings. The normalized spacial score (nSPS) is 11.9. The van der Waals surface area contributed by atoms with Gasteiger partial charge < -0.3 is 10.6 Å². The maximum atomic E-state index is 12.0. The molecule has 8 heteroatoms. The minimum atomic E-state index is -0.218. The molecular weight excluding hydrogens is 306 g/mol. The number of aromatic nitrogens is 5. The highest BCUT2D eigenvalue weighted by atomic mass is 16.2. The van der Waals surface area contributed by atoms with Gasteiger partial charge in [0.1, 0.15) is 12.7 Å². The fourth-order valence-corrected chi connectivity index (χ4v) is 2.33. The second-order valence-electron chi connectivity index (χ2n) is 5.43. The van der Waals surface area contributed by atoms with Crippen LogP contribution in [-0.2, 0) is 13.6 Å². The maximum Gasteiger partial charge on any atom is 0.315 e. The van der Waals surface area contributed by atoms with Crippen LogP contribution in [0, 0.1) is 0 Å². The lowest BCUT2D eigenvalue weighted by molar-refractivity contribution is 0.237. The summed E-state index contributed by atoms with van der Waals surface area (Å²) >= 11 is 0. The predicted molar refractivity (Wildman–Crippen MR) is 88.4 cm³/mol. The monoisotopic (exact) mass is 325 g/mol. The van der Waals surface area contributed by atoms with E-state index in [4.69, 9.17) is 0 Å². The summed E-state index contributed by atoms with van der Waals surface area (Å²) in [6.07, 6.45) is 4.83. The van der Waals surface area contributed by atoms with E-state index in [0.717, 1.165) is 16.9 Å². The SMILES string of the molecule is CC(NC(=O)NCc1ccnn1C)c1ccc(-n2cncn2)cc1. The Morgan fingerprint density at radius 1 is 1.21 bits per heavy atom. The highest BCUT2D eigenvalue weighted by molar-refractivity contribution is 5.74. The van der Waals surface area contributed by atoms with Crippen LogP contribution in [0.3, 0.4) is 0 Å². The molecule has 2 N–H and O–H groups in total. The molecule has 24 heavy (non-hydrogen) atoms. The van der Waals surface area contributed by atoms with Crippen LogP contribution in [0.2, 0.25) is 0 Å². The average Bonchev–Trinajstić information content (AvgIpc) is 3.25. The third kappa shape index (κ3) is 3.60. The predicted octanol–water partition coefficient (Wildman–Crippen LogP) is 1.56. The molecule has 2 aromatic heterocycles. The first-order valence-corrected chi connectivity index (χ1v) is 7.59. The van der Waals surface area contributed by atoms with Crippen LogP contribution in [0.1, 0.15) is 24.2 Å². The summed E-state index contributed by atoms with van der Waals surface area (Å²) in [4.78, 5) is 15.9. The van der Waals surface area contributed by atoms with Crippen molar-refractivity contribution in [2.75, 3.05) is 0 Å². The van der Waals surface area contributed by atoms with Crippen LogP contribution in [0.25, 0.3) is 5.69 Å². The molecule has 0 bridgehead atoms. The van der Waals surface area contributed by atoms with Gasteiger partial charge in [-0.2, -0.15) is 10.2 Å². The van der Waals surface area contributed by atoms with Gasteiger partial charge in [0.15, 0.2) is 0 Å². The van der Waals surface area contributed by atoms with Crippen LogP contribution >= 0.6 is 0 Å². The molecule has 2 amide bonds. The highest BCUT2D eigenvalue weighted by Crippen LogP contribution is 2.15. The summed E-state index contributed by atoms with van der Waals surface area (Å²) < 4.78 is 3.41. The summed E-state index contributed by atoms with van der Waals surface area (Å²) in [7, 11) is 1.84. The summed E-state index contributed by atoms with van der Waals surface area (Å²) in [5, 5.41) is 13.9. The summed E-state index contributed by atoms with van der Waals surface area (Å²) in [6, 6.07) is 9.34. The fourth-order valence-electron chi connectivity index (χ4n) is 2.33. The Morgan fingerprint density at radius 3 is 2.62 bits per heavy atom. The van der Waals surface area contributed by atoms with E-state index in [2.05, 4.69) is 25.8 Å². The van der Waals surface area contributed by atoms with E-state index in [0.29, 0.717) is 6.54 Å². The van der Waals surface area contributed by atoms with Crippen molar-refractivity contribution < 1.29 is 4.79 Å². The molecular formula is C16H19N7O. The largest absolute Gasteiger partial charge is 0.333 e. The third-order valence-electron chi connectivity index (χ3n) is 3.78. The zero-order chi connectivity index (χ0) is 16.9. The van der Waals surface area contributed by atoms with Crippen molar-refractivity contribution in [3.05, 3.63) is 60.4 Å². The number of amides is 2. The highest BCUT2D eigenvalue weighted by Gasteiger charge is 2.10. The van der Waals surface area contributed by atoms with Gasteiger partial charge in [-0.25, -0.2) is 14.5 Å². The summed E-state index contributed by atoms with van der Waals surface area (Å²) in [6.45, 7) is 2.37. The van der Waals surface area contributed by atoms with Crippen LogP contribution in [0.15, 0.2) is 49.2 Å². The van der Waals surface area contributed by atoms with Crippen molar-refractivity contribution in [2.45, 2.75) is 19.5 Å². The molecule has 124 valence electrons. The first-order chi connectivity index (χ1) is 11.6. The van der Waals surface area contributed by atoms with Gasteiger partial charge >= 0.3 is 6.03 Å². The minimum Gasteiger partial charge on any atom is -0.333 e. The lowest BCUT2D eigenvalue weighted by Crippen LogP contribution is -2.37. The Labute approximate surface area is 139 Å². The molecule has 1 atom stereocenters. The number of nitrogens with zero attached hydrogens (tertiary/aromatic N) is 5. The van der Waals surface area contributed by atoms with E-state index in [1.807, 2.05) is 44.3 Å². The fraction of sp³-hybridized carbons (Fsp3) is 0.250. The molecule has 2 heterocycles. The quantitative estimate of drug-likeness (QED) is 0.745. The van der Waals surface area contributed by atoms with E-state index in [1.54, 1.807) is 21.9 Å². The van der Waals surface area contributed by atoms with Gasteiger partial charge in [0.05, 0.1) is 24.0 Å². The van der Waals surface area contributed by atoms with Crippen molar-refractivity contribution in [2.24, 2.45) is 7.05 Å². The van der Waals surface area contributed by atoms with E-state index in [1.165, 1.54) is 6.33 Å². The number of urea groups is 1. The molecule has 3 rings (SSSR count). The van der Waals surface area contributed by atoms with Crippen molar-refractivity contribution in [1.29, 1.82) is 0 Å². The third-order valence-corrected chi connectivity index (χ3v) is 3.78. The molecule has 8 nitrogen and oxygen atoms in total. The summed E-state index contributed by atoms with van der Waals surface area (Å²) in [5.41, 5.74) is 2.87. The van der Waals surface area contributed by atoms with E-state index < -0.39 is 0 Å². The van der Waals surface area contributed by atoms with Gasteiger partial charge in [-0.3, -0.25) is 4.68 Å². The van der Waals surface area contributed by atoms with Gasteiger partial charge in [-0.15, -0.1) is 0 Å². The van der Waals surface area contributed by atoms with Gasteiger partial charge in [-0.1, -0.05) is 12.1 Å². The second kappa shape index (κ2) is 6.95. The summed E-state index contributed by atoms with van der Waals surface area (Å²) in [5.74, 6) is 0. The standard InChI is InChI=1S/C16H19N7O/c1-12(21-16(24)18-9-15-7-8-19-22(15)2)13-3-5-14(6-4-13)23-11-17-10-20-23/h3-8,10-12H,9H2,1-2H3,(H2,18,21,24). The molecule has 3 aromatic rings. The zero-order valence-electron chi connectivity index (χ0n) is 13.5. The first kappa shape index (κ1) is 15.7. The van der Waals surface area contributed by atoms with Crippen LogP contribution in [-0.4, -0.2) is 30.6 Å². The van der Waals surface area contributed by atoms with Gasteiger partial charge in [-0.05, 0) is 30.7 Å². The topological polar surface area (TPSA) is 89.7 Å². The van der Waals surface area contributed by atoms with E-state index in [-0.39, 0.29) is 12.1 Å². The minimum absolute atomic E-state index is 0.110. The van der Waals surface area contributed by atoms with Crippen molar-refractivity contribution in [1.82, 2.24) is 35.2 Å². The number of carbonyl (C=O) groups is 1. The molecule has 0 spiro atoms. The van der Waals surface area contributed by atoms with Crippen LogP contribution < -0.4 is 10.6 Å². The lowest BCUT2D eigenvalue weighted by atomic mass is 10.1. The van der Waals surface area contributed by atoms with Crippen LogP contribution in [0.4, 0.5) is 4.79 Å². The molecule has 0 radical (unpaired) electrons. The number of rotatable bonds is 5. The Balaban J connectivity index is 1.55. The van der Waals surface area contributed by atoms with Gasteiger partial charge in [0.25, 0.3) is 0 Å². The number of aryl methyl sites for hydroxylation is 1.